The van der Waals surface area contributed by atoms with Gasteiger partial charge in [0.25, 0.3) is 11.8 Å². The lowest BCUT2D eigenvalue weighted by Gasteiger charge is -2.33. The van der Waals surface area contributed by atoms with E-state index >= 15 is 0 Å². The number of para-hydroxylation sites is 1. The third-order valence-corrected chi connectivity index (χ3v) is 6.44. The topological polar surface area (TPSA) is 97.1 Å². The van der Waals surface area contributed by atoms with Crippen molar-refractivity contribution in [3.05, 3.63) is 112 Å². The minimum absolute atomic E-state index is 0.180. The van der Waals surface area contributed by atoms with Gasteiger partial charge in [0.05, 0.1) is 29.1 Å². The van der Waals surface area contributed by atoms with Crippen LogP contribution in [0.1, 0.15) is 21.7 Å². The number of methoxy groups -OCH3 is 1. The second-order valence-electron chi connectivity index (χ2n) is 8.68. The lowest BCUT2D eigenvalue weighted by atomic mass is 10.1. The molecule has 0 N–H and O–H groups in total. The molecule has 8 nitrogen and oxygen atoms in total. The number of hydrogen-bond acceptors (Lipinski definition) is 6. The maximum Gasteiger partial charge on any atom is 0.343 e. The van der Waals surface area contributed by atoms with Crippen molar-refractivity contribution in [2.24, 2.45) is 0 Å². The molecule has 0 radical (unpaired) electrons. The number of carbonyl (C=O) groups excluding carboxylic acids is 4. The van der Waals surface area contributed by atoms with Crippen LogP contribution in [0, 0.1) is 6.92 Å². The van der Waals surface area contributed by atoms with Crippen LogP contribution in [0.5, 0.6) is 0 Å². The number of esters is 1. The van der Waals surface area contributed by atoms with E-state index in [0.29, 0.717) is 22.7 Å². The first-order valence-electron chi connectivity index (χ1n) is 11.8. The van der Waals surface area contributed by atoms with Gasteiger partial charge in [-0.25, -0.2) is 19.4 Å². The zero-order chi connectivity index (χ0) is 27.7. The average molecular weight is 541 g/mol. The predicted octanol–water partition coefficient (Wildman–Crippen LogP) is 6.28. The van der Waals surface area contributed by atoms with E-state index in [1.54, 1.807) is 78.9 Å². The van der Waals surface area contributed by atoms with Gasteiger partial charge in [0.2, 0.25) is 0 Å². The van der Waals surface area contributed by atoms with Crippen LogP contribution in [0.15, 0.2) is 94.9 Å². The highest BCUT2D eigenvalue weighted by Gasteiger charge is 2.43. The normalized spacial score (nSPS) is 14.7. The van der Waals surface area contributed by atoms with Gasteiger partial charge >= 0.3 is 12.0 Å². The fourth-order valence-electron chi connectivity index (χ4n) is 4.13. The monoisotopic (exact) mass is 540 g/mol. The van der Waals surface area contributed by atoms with Crippen LogP contribution in [0.2, 0.25) is 5.02 Å². The minimum Gasteiger partial charge on any atom is -0.465 e. The molecule has 194 valence electrons. The number of halogens is 1. The van der Waals surface area contributed by atoms with Crippen molar-refractivity contribution in [2.45, 2.75) is 6.92 Å². The molecule has 1 fully saturated rings. The quantitative estimate of drug-likeness (QED) is 0.168. The summed E-state index contributed by atoms with van der Waals surface area (Å²) in [5.74, 6) is -1.52. The first-order valence-corrected chi connectivity index (χ1v) is 12.2. The maximum absolute atomic E-state index is 13.6. The number of furan rings is 1. The Kier molecular flexibility index (Phi) is 6.87. The fourth-order valence-corrected chi connectivity index (χ4v) is 4.39. The molecule has 0 saturated carbocycles. The van der Waals surface area contributed by atoms with Gasteiger partial charge < -0.3 is 9.15 Å². The summed E-state index contributed by atoms with van der Waals surface area (Å²) in [6, 6.07) is 22.4. The highest BCUT2D eigenvalue weighted by atomic mass is 35.5. The zero-order valence-corrected chi connectivity index (χ0v) is 21.6. The van der Waals surface area contributed by atoms with E-state index in [9.17, 15) is 19.2 Å². The van der Waals surface area contributed by atoms with E-state index in [1.807, 2.05) is 6.92 Å². The van der Waals surface area contributed by atoms with Gasteiger partial charge in [-0.2, -0.15) is 0 Å². The molecule has 0 spiro atoms. The fraction of sp³-hybridized carbons (Fsp3) is 0.0667. The van der Waals surface area contributed by atoms with Gasteiger partial charge in [0.1, 0.15) is 17.1 Å². The highest BCUT2D eigenvalue weighted by Crippen LogP contribution is 2.32. The largest absolute Gasteiger partial charge is 0.465 e. The molecular weight excluding hydrogens is 520 g/mol. The van der Waals surface area contributed by atoms with E-state index in [0.717, 1.165) is 15.4 Å². The lowest BCUT2D eigenvalue weighted by molar-refractivity contribution is -0.121. The standard InChI is InChI=1S/C30H21ClN2O6/c1-18-8-11-21(12-9-18)33-28(35)24(27(34)32(30(33)37)20-6-4-3-5-7-20)17-22-13-15-26(39-22)19-10-14-23(25(31)16-19)29(36)38-2/h3-17H,1-2H3/b24-17+. The number of benzene rings is 3. The Labute approximate surface area is 228 Å². The van der Waals surface area contributed by atoms with E-state index in [4.69, 9.17) is 20.8 Å². The number of hydrogen-bond donors (Lipinski definition) is 0. The Morgan fingerprint density at radius 3 is 2.10 bits per heavy atom. The number of anilines is 2. The third kappa shape index (κ3) is 4.85. The van der Waals surface area contributed by atoms with E-state index < -0.39 is 23.8 Å². The van der Waals surface area contributed by atoms with Gasteiger partial charge in [-0.05, 0) is 61.5 Å². The molecule has 3 aromatic carbocycles. The lowest BCUT2D eigenvalue weighted by Crippen LogP contribution is -2.57. The SMILES string of the molecule is COC(=O)c1ccc(-c2ccc(/C=C3\C(=O)N(c4ccccc4)C(=O)N(c4ccc(C)cc4)C3=O)o2)cc1Cl. The molecule has 1 aromatic heterocycles. The summed E-state index contributed by atoms with van der Waals surface area (Å²) in [7, 11) is 1.26. The second-order valence-corrected chi connectivity index (χ2v) is 9.09. The minimum atomic E-state index is -0.780. The third-order valence-electron chi connectivity index (χ3n) is 6.13. The molecule has 4 amide bonds. The van der Waals surface area contributed by atoms with E-state index in [-0.39, 0.29) is 21.9 Å². The van der Waals surface area contributed by atoms with Crippen LogP contribution in [-0.4, -0.2) is 30.9 Å². The molecule has 2 heterocycles. The van der Waals surface area contributed by atoms with Gasteiger partial charge in [-0.3, -0.25) is 9.59 Å². The summed E-state index contributed by atoms with van der Waals surface area (Å²) in [5.41, 5.74) is 2.13. The van der Waals surface area contributed by atoms with Gasteiger partial charge in [0.15, 0.2) is 0 Å². The molecular formula is C30H21ClN2O6. The Hall–Kier alpha value is -4.95. The van der Waals surface area contributed by atoms with Crippen molar-refractivity contribution in [3.8, 4) is 11.3 Å². The van der Waals surface area contributed by atoms with Crippen LogP contribution in [0.3, 0.4) is 0 Å². The van der Waals surface area contributed by atoms with Crippen molar-refractivity contribution < 1.29 is 28.3 Å². The zero-order valence-electron chi connectivity index (χ0n) is 20.9. The Morgan fingerprint density at radius 2 is 1.49 bits per heavy atom. The number of rotatable bonds is 5. The van der Waals surface area contributed by atoms with Crippen molar-refractivity contribution >= 4 is 52.9 Å². The summed E-state index contributed by atoms with van der Waals surface area (Å²) >= 11 is 6.24. The summed E-state index contributed by atoms with van der Waals surface area (Å²) in [6.45, 7) is 1.89. The molecule has 9 heteroatoms. The molecule has 1 aliphatic rings. The first-order chi connectivity index (χ1) is 18.8. The summed E-state index contributed by atoms with van der Waals surface area (Å²) in [4.78, 5) is 54.3. The van der Waals surface area contributed by atoms with E-state index in [2.05, 4.69) is 0 Å². The van der Waals surface area contributed by atoms with Crippen LogP contribution in [-0.2, 0) is 14.3 Å². The first kappa shape index (κ1) is 25.7. The van der Waals surface area contributed by atoms with Gasteiger partial charge in [-0.1, -0.05) is 53.6 Å². The molecule has 0 unspecified atom stereocenters. The summed E-state index contributed by atoms with van der Waals surface area (Å²) < 4.78 is 10.6. The molecule has 0 aliphatic carbocycles. The number of aryl methyl sites for hydroxylation is 1. The molecule has 5 rings (SSSR count). The highest BCUT2D eigenvalue weighted by molar-refractivity contribution is 6.46. The van der Waals surface area contributed by atoms with Crippen LogP contribution in [0.4, 0.5) is 16.2 Å². The Balaban J connectivity index is 1.55. The molecule has 4 aromatic rings. The number of carbonyl (C=O) groups is 4. The molecule has 0 atom stereocenters. The molecule has 1 aliphatic heterocycles. The predicted molar refractivity (Wildman–Crippen MR) is 146 cm³/mol. The Bertz CT molecular complexity index is 1640. The number of ether oxygens (including phenoxy) is 1. The van der Waals surface area contributed by atoms with Crippen molar-refractivity contribution in [3.63, 3.8) is 0 Å². The van der Waals surface area contributed by atoms with Crippen LogP contribution < -0.4 is 9.80 Å². The maximum atomic E-state index is 13.6. The molecule has 0 bridgehead atoms. The number of nitrogens with zero attached hydrogens (tertiary/aromatic N) is 2. The molecule has 39 heavy (non-hydrogen) atoms. The summed E-state index contributed by atoms with van der Waals surface area (Å²) in [6.07, 6.45) is 1.31. The summed E-state index contributed by atoms with van der Waals surface area (Å²) in [5, 5.41) is 0.180. The smallest absolute Gasteiger partial charge is 0.343 e. The van der Waals surface area contributed by atoms with Crippen molar-refractivity contribution in [1.82, 2.24) is 0 Å². The van der Waals surface area contributed by atoms with Gasteiger partial charge in [-0.15, -0.1) is 0 Å². The van der Waals surface area contributed by atoms with Crippen molar-refractivity contribution in [2.75, 3.05) is 16.9 Å². The second kappa shape index (κ2) is 10.4. The Morgan fingerprint density at radius 1 is 0.846 bits per heavy atom. The molecule has 1 saturated heterocycles. The van der Waals surface area contributed by atoms with Crippen molar-refractivity contribution in [1.29, 1.82) is 0 Å². The number of amides is 4. The van der Waals surface area contributed by atoms with Crippen LogP contribution in [0.25, 0.3) is 17.4 Å². The van der Waals surface area contributed by atoms with Crippen LogP contribution >= 0.6 is 11.6 Å². The average Bonchev–Trinajstić information content (AvgIpc) is 3.41. The number of imide groups is 2. The van der Waals surface area contributed by atoms with Gasteiger partial charge in [0, 0.05) is 5.56 Å². The number of urea groups is 1. The number of barbiturate groups is 1. The van der Waals surface area contributed by atoms with E-state index in [1.165, 1.54) is 19.3 Å².